The van der Waals surface area contributed by atoms with Crippen LogP contribution in [0.2, 0.25) is 0 Å². The molecule has 2 aliphatic rings. The number of aromatic nitrogens is 2. The Balaban J connectivity index is 1.67. The Morgan fingerprint density at radius 3 is 3.03 bits per heavy atom. The molecule has 0 saturated carbocycles. The van der Waals surface area contributed by atoms with Gasteiger partial charge < -0.3 is 19.5 Å². The Labute approximate surface area is 178 Å². The Bertz CT molecular complexity index is 1280. The van der Waals surface area contributed by atoms with Crippen LogP contribution in [0.25, 0.3) is 0 Å². The number of nitrogens with one attached hydrogen (secondary N) is 1. The highest BCUT2D eigenvalue weighted by Gasteiger charge is 2.57. The molecule has 1 unspecified atom stereocenters. The van der Waals surface area contributed by atoms with Crippen LogP contribution in [0.5, 0.6) is 5.75 Å². The van der Waals surface area contributed by atoms with Crippen LogP contribution in [0.3, 0.4) is 0 Å². The summed E-state index contributed by atoms with van der Waals surface area (Å²) >= 11 is 4.89. The van der Waals surface area contributed by atoms with Crippen LogP contribution in [0, 0.1) is 11.7 Å². The van der Waals surface area contributed by atoms with E-state index in [1.165, 1.54) is 0 Å². The van der Waals surface area contributed by atoms with Crippen molar-refractivity contribution in [2.45, 2.75) is 37.8 Å². The first-order valence-corrected chi connectivity index (χ1v) is 10.4. The van der Waals surface area contributed by atoms with Crippen molar-refractivity contribution >= 4 is 20.0 Å². The number of nitrogens with zero attached hydrogens (tertiary/aromatic N) is 1. The normalized spacial score (nSPS) is 37.5. The lowest BCUT2D eigenvalue weighted by Crippen LogP contribution is -2.43. The van der Waals surface area contributed by atoms with Gasteiger partial charge in [0.15, 0.2) is 11.0 Å². The predicted octanol–water partition coefficient (Wildman–Crippen LogP) is 1.86. The number of fused-ring (bicyclic) bond motifs is 1. The number of aryl methyl sites for hydroxylation is 1. The van der Waals surface area contributed by atoms with Crippen LogP contribution in [-0.2, 0) is 25.0 Å². The fraction of sp³-hybridized carbons (Fsp3) is 0.412. The molecule has 3 heterocycles. The van der Waals surface area contributed by atoms with E-state index >= 15 is 4.39 Å². The summed E-state index contributed by atoms with van der Waals surface area (Å²) in [5, 5.41) is 20.7. The molecular formula is C17H18FN2O8PS. The Morgan fingerprint density at radius 2 is 2.30 bits per heavy atom. The largest absolute Gasteiger partial charge is 0.530 e. The lowest BCUT2D eigenvalue weighted by Gasteiger charge is -2.29. The number of benzene rings is 1. The summed E-state index contributed by atoms with van der Waals surface area (Å²) in [5.74, 6) is -3.85. The monoisotopic (exact) mass is 463 g/mol. The molecule has 3 N–H and O–H groups in total. The van der Waals surface area contributed by atoms with Gasteiger partial charge in [0.1, 0.15) is 24.5 Å². The van der Waals surface area contributed by atoms with E-state index in [9.17, 15) is 19.6 Å². The summed E-state index contributed by atoms with van der Waals surface area (Å²) in [6, 6.07) is 5.81. The molecule has 0 amide bonds. The lowest BCUT2D eigenvalue weighted by atomic mass is 10.1. The number of aromatic amines is 1. The molecule has 162 valence electrons. The third-order valence-corrected chi connectivity index (χ3v) is 5.88. The van der Waals surface area contributed by atoms with Crippen molar-refractivity contribution in [1.29, 1.82) is 0 Å². The molecule has 1 aromatic heterocycles. The van der Waals surface area contributed by atoms with Gasteiger partial charge in [0.05, 0.1) is 10.7 Å². The van der Waals surface area contributed by atoms with Gasteiger partial charge in [0, 0.05) is 17.8 Å². The standard InChI is InChI=1S/C17H18FN2O8PS/c1-9-3-2-4-10-7-25-29(24,28-13(9)10)26-8-17(18)14(23)12(22)15(27-17)20-6-5-11(21)19-16(20)30/h2-6,12,14-15,22-23H,7-8H2,1H3,(H,19,21,30)/t12-,14+,15-,17-,29?/m1/s1/i8D2,15D. The number of phosphoric ester groups is 1. The molecule has 5 atom stereocenters. The third kappa shape index (κ3) is 3.76. The summed E-state index contributed by atoms with van der Waals surface area (Å²) in [4.78, 5) is 13.5. The van der Waals surface area contributed by atoms with Gasteiger partial charge in [-0.3, -0.25) is 23.4 Å². The summed E-state index contributed by atoms with van der Waals surface area (Å²) in [5.41, 5.74) is 0.351. The van der Waals surface area contributed by atoms with Crippen LogP contribution in [0.4, 0.5) is 4.39 Å². The lowest BCUT2D eigenvalue weighted by molar-refractivity contribution is -0.205. The maximum atomic E-state index is 15.8. The highest BCUT2D eigenvalue weighted by molar-refractivity contribution is 7.71. The van der Waals surface area contributed by atoms with Crippen molar-refractivity contribution < 1.29 is 41.6 Å². The fourth-order valence-corrected chi connectivity index (χ4v) is 4.29. The average molecular weight is 463 g/mol. The molecule has 1 saturated heterocycles. The molecule has 0 radical (unpaired) electrons. The number of halogens is 1. The number of aliphatic hydroxyl groups is 2. The van der Waals surface area contributed by atoms with E-state index in [0.29, 0.717) is 15.7 Å². The Morgan fingerprint density at radius 1 is 1.53 bits per heavy atom. The number of hydrogen-bond donors (Lipinski definition) is 3. The SMILES string of the molecule is [2H]C([2H])(OP1(=O)OCc2cccc(C)c2O1)[C@@]1(F)O[C@@]([2H])(n2ccc(=O)[nH]c2=S)[C@H](O)[C@@H]1O. The van der Waals surface area contributed by atoms with E-state index in [2.05, 4.69) is 4.98 Å². The van der Waals surface area contributed by atoms with Gasteiger partial charge in [0.25, 0.3) is 11.4 Å². The number of aliphatic hydroxyl groups excluding tert-OH is 2. The maximum Gasteiger partial charge on any atom is 0.530 e. The van der Waals surface area contributed by atoms with Crippen molar-refractivity contribution in [3.63, 3.8) is 0 Å². The second-order valence-corrected chi connectivity index (χ2v) is 8.43. The second-order valence-electron chi connectivity index (χ2n) is 6.52. The molecule has 10 nitrogen and oxygen atoms in total. The van der Waals surface area contributed by atoms with Crippen molar-refractivity contribution in [2.75, 3.05) is 6.56 Å². The third-order valence-electron chi connectivity index (χ3n) is 4.42. The molecule has 1 aromatic carbocycles. The van der Waals surface area contributed by atoms with Crippen molar-refractivity contribution in [2.24, 2.45) is 0 Å². The maximum absolute atomic E-state index is 15.8. The number of para-hydroxylation sites is 1. The fourth-order valence-electron chi connectivity index (χ4n) is 2.88. The highest BCUT2D eigenvalue weighted by atomic mass is 32.1. The van der Waals surface area contributed by atoms with Crippen molar-refractivity contribution in [3.8, 4) is 5.75 Å². The highest BCUT2D eigenvalue weighted by Crippen LogP contribution is 2.56. The number of alkyl halides is 1. The quantitative estimate of drug-likeness (QED) is 0.459. The van der Waals surface area contributed by atoms with Gasteiger partial charge >= 0.3 is 7.82 Å². The van der Waals surface area contributed by atoms with Gasteiger partial charge in [-0.05, 0) is 24.7 Å². The minimum Gasteiger partial charge on any atom is -0.403 e. The summed E-state index contributed by atoms with van der Waals surface area (Å²) in [7, 11) is -4.79. The van der Waals surface area contributed by atoms with E-state index in [4.69, 9.17) is 34.6 Å². The average Bonchev–Trinajstić information content (AvgIpc) is 2.90. The van der Waals surface area contributed by atoms with Gasteiger partial charge in [-0.2, -0.15) is 0 Å². The minimum atomic E-state index is -4.79. The number of hydrogen-bond acceptors (Lipinski definition) is 9. The van der Waals surface area contributed by atoms with E-state index in [1.807, 2.05) is 0 Å². The summed E-state index contributed by atoms with van der Waals surface area (Å²) in [6.07, 6.45) is -7.18. The van der Waals surface area contributed by atoms with Crippen LogP contribution < -0.4 is 10.1 Å². The van der Waals surface area contributed by atoms with Gasteiger partial charge in [0.2, 0.25) is 0 Å². The molecule has 2 aliphatic heterocycles. The van der Waals surface area contributed by atoms with Gasteiger partial charge in [-0.15, -0.1) is 0 Å². The van der Waals surface area contributed by atoms with Crippen LogP contribution >= 0.6 is 20.0 Å². The Kier molecular flexibility index (Phi) is 4.52. The summed E-state index contributed by atoms with van der Waals surface area (Å²) in [6.45, 7) is -2.44. The van der Waals surface area contributed by atoms with E-state index in [0.717, 1.165) is 12.3 Å². The van der Waals surface area contributed by atoms with E-state index < -0.39 is 49.0 Å². The zero-order valence-corrected chi connectivity index (χ0v) is 17.0. The molecular weight excluding hydrogens is 442 g/mol. The first-order chi connectivity index (χ1) is 15.2. The van der Waals surface area contributed by atoms with Gasteiger partial charge in [-0.25, -0.2) is 8.96 Å². The number of rotatable bonds is 4. The number of H-pyrrole nitrogens is 1. The second kappa shape index (κ2) is 7.65. The van der Waals surface area contributed by atoms with Crippen LogP contribution in [-0.4, -0.2) is 44.4 Å². The molecule has 13 heteroatoms. The molecule has 4 rings (SSSR count). The van der Waals surface area contributed by atoms with Crippen LogP contribution in [0.15, 0.2) is 35.3 Å². The van der Waals surface area contributed by atoms with E-state index in [-0.39, 0.29) is 12.4 Å². The molecule has 2 aromatic rings. The first kappa shape index (κ1) is 17.7. The number of ether oxygens (including phenoxy) is 1. The predicted molar refractivity (Wildman–Crippen MR) is 102 cm³/mol. The first-order valence-electron chi connectivity index (χ1n) is 10.0. The zero-order valence-electron chi connectivity index (χ0n) is 18.3. The molecule has 0 bridgehead atoms. The molecule has 30 heavy (non-hydrogen) atoms. The smallest absolute Gasteiger partial charge is 0.403 e. The zero-order chi connectivity index (χ0) is 24.4. The molecule has 1 fully saturated rings. The molecule has 0 spiro atoms. The Hall–Kier alpha value is -1.92. The van der Waals surface area contributed by atoms with Crippen LogP contribution in [0.1, 0.15) is 21.4 Å². The number of phosphoric acid groups is 1. The van der Waals surface area contributed by atoms with Crippen molar-refractivity contribution in [3.05, 3.63) is 56.7 Å². The minimum absolute atomic E-state index is 0.0955. The topological polar surface area (TPSA) is 132 Å². The van der Waals surface area contributed by atoms with Crippen molar-refractivity contribution in [1.82, 2.24) is 9.55 Å². The van der Waals surface area contributed by atoms with E-state index in [1.54, 1.807) is 25.1 Å². The van der Waals surface area contributed by atoms with Gasteiger partial charge in [-0.1, -0.05) is 18.2 Å². The summed E-state index contributed by atoms with van der Waals surface area (Å²) < 4.78 is 73.2. The molecule has 0 aliphatic carbocycles.